The van der Waals surface area contributed by atoms with Crippen molar-refractivity contribution in [2.75, 3.05) is 14.1 Å². The van der Waals surface area contributed by atoms with Crippen LogP contribution in [0, 0.1) is 0 Å². The zero-order chi connectivity index (χ0) is 96.0. The molecule has 2 atom stereocenters. The fourth-order valence-electron chi connectivity index (χ4n) is 17.8. The standard InChI is InChI=1S/C38H28N4.C30H22N4O2.C29H22N2O2.C25H22N2O2.4Pt/c1-39-33-19-11-9-17-29(33)35-23-31(25-13-5-3-6-14-25)27-21-22-28-32(26-15-7-4-8-16-26)24-36(42-38(28)37(27)41-35)30-18-10-12-20-34(30)40-2;35-27-17-9-7-15-23(27)25-19-33(21-11-3-1-4-12-21)29(31-25)30-32-26(24-16-8-10-18-28(24)36)20-34(30)22-13-5-2-6-14-22;32-27-18-6-4-12-21(27)23-14-8-16-25(30-23)29(20-10-2-1-3-11-20)26-17-9-15-24(31-26)22-13-5-7-19-28(22)33;1-25(2,23-15-7-11-19(26-23)17-9-3-5-13-21(17)28)24-16-8-12-20(27-24)18-10-4-6-14-22(18)29;;;;/h3-24H,1-2H3;1-20,29-30H;1-19,29,32-33H;3-16,28-29H,1-2H3;;;;/q-2;;;;;;;+2/p+2. The van der Waals surface area contributed by atoms with Crippen molar-refractivity contribution < 1.29 is 124 Å². The molecule has 718 valence electrons. The van der Waals surface area contributed by atoms with Gasteiger partial charge in [0.25, 0.3) is 0 Å². The van der Waals surface area contributed by atoms with Crippen molar-refractivity contribution in [2.24, 2.45) is 9.98 Å². The Kier molecular flexibility index (Phi) is 33.7. The van der Waals surface area contributed by atoms with Gasteiger partial charge in [-0.1, -0.05) is 285 Å². The second kappa shape index (κ2) is 47.3. The number of phenolic OH excluding ortho intramolecular Hbond substituents is 6. The predicted octanol–water partition coefficient (Wildman–Crippen LogP) is 27.5. The van der Waals surface area contributed by atoms with Crippen LogP contribution in [0.25, 0.3) is 122 Å². The number of benzene rings is 14. The maximum Gasteiger partial charge on any atom is 2.00 e. The van der Waals surface area contributed by atoms with Crippen LogP contribution in [0.1, 0.15) is 59.2 Å². The first kappa shape index (κ1) is 103. The van der Waals surface area contributed by atoms with Crippen LogP contribution in [0.5, 0.6) is 34.5 Å². The van der Waals surface area contributed by atoms with Crippen LogP contribution >= 0.6 is 0 Å². The predicted molar refractivity (Wildman–Crippen MR) is 563 cm³/mol. The average molecular weight is 2610 g/mol. The van der Waals surface area contributed by atoms with Gasteiger partial charge in [-0.05, 0) is 186 Å². The van der Waals surface area contributed by atoms with Crippen molar-refractivity contribution in [3.05, 3.63) is 493 Å². The number of aliphatic imine (C=N–C) groups is 2. The van der Waals surface area contributed by atoms with E-state index in [9.17, 15) is 30.6 Å². The van der Waals surface area contributed by atoms with Crippen molar-refractivity contribution in [1.82, 2.24) is 29.9 Å². The van der Waals surface area contributed by atoms with E-state index in [4.69, 9.17) is 39.9 Å². The molecule has 0 aliphatic carbocycles. The second-order valence-electron chi connectivity index (χ2n) is 34.1. The molecule has 144 heavy (non-hydrogen) atoms. The molecule has 0 bridgehead atoms. The van der Waals surface area contributed by atoms with Crippen molar-refractivity contribution in [1.29, 1.82) is 0 Å². The summed E-state index contributed by atoms with van der Waals surface area (Å²) in [5, 5.41) is 73.3. The second-order valence-corrected chi connectivity index (χ2v) is 34.1. The van der Waals surface area contributed by atoms with E-state index in [1.54, 1.807) is 72.8 Å². The molecule has 2 aliphatic rings. The number of fused-ring (bicyclic) bond motifs is 3. The SMILES string of the molecule is CC(C)(c1cccc(-c2ccccc2O)n1)c1cccc(-c2ccccc2O)n1.C[N-]c1ccccc1-c1cc(-c2ccccc2)c2ccc3c(-c4ccccc4)cc(-c4ccccc4[N-]C)nc3c2n1.Oc1ccccc1-c1cccc(C(c2ccccc2)c2cccc(-c3ccccc3O)n2)n1.Oc1ccccc1C1=NC(C2N=C(c3ccccc3O)C=[N+]2c2ccccc2)[N+](c2ccccc2)=C1.[Pt+2].[Pt].[Pt].[Pt]. The van der Waals surface area contributed by atoms with E-state index in [1.807, 2.05) is 300 Å². The number of rotatable bonds is 20. The molecule has 22 heteroatoms. The molecule has 0 fully saturated rings. The number of aromatic hydroxyl groups is 6. The van der Waals surface area contributed by atoms with Crippen LogP contribution in [0.2, 0.25) is 0 Å². The molecule has 0 amide bonds. The van der Waals surface area contributed by atoms with Gasteiger partial charge in [0.1, 0.15) is 45.9 Å². The molecular formula is C122H96N12O6Pt4+2. The van der Waals surface area contributed by atoms with Gasteiger partial charge in [-0.25, -0.2) is 20.0 Å². The molecule has 0 spiro atoms. The molecule has 6 aromatic heterocycles. The van der Waals surface area contributed by atoms with Gasteiger partial charge in [0.15, 0.2) is 12.4 Å². The molecule has 0 radical (unpaired) electrons. The van der Waals surface area contributed by atoms with Gasteiger partial charge in [-0.15, -0.1) is 25.5 Å². The van der Waals surface area contributed by atoms with E-state index in [2.05, 4.69) is 131 Å². The summed E-state index contributed by atoms with van der Waals surface area (Å²) in [4.78, 5) is 40.3. The van der Waals surface area contributed by atoms with Crippen molar-refractivity contribution in [3.8, 4) is 124 Å². The third kappa shape index (κ3) is 22.4. The monoisotopic (exact) mass is 2600 g/mol. The average Bonchev–Trinajstić information content (AvgIpc) is 0.965. The van der Waals surface area contributed by atoms with Crippen LogP contribution in [0.15, 0.2) is 453 Å². The first-order chi connectivity index (χ1) is 68.6. The zero-order valence-corrected chi connectivity index (χ0v) is 87.4. The summed E-state index contributed by atoms with van der Waals surface area (Å²) in [6.07, 6.45) is 3.10. The molecular weight excluding hydrogens is 2510 g/mol. The van der Waals surface area contributed by atoms with E-state index >= 15 is 0 Å². The summed E-state index contributed by atoms with van der Waals surface area (Å²) in [6.45, 7) is 4.14. The molecule has 6 N–H and O–H groups in total. The summed E-state index contributed by atoms with van der Waals surface area (Å²) in [6, 6.07) is 143. The van der Waals surface area contributed by atoms with Gasteiger partial charge in [-0.3, -0.25) is 19.9 Å². The molecule has 0 saturated carbocycles. The number of aromatic nitrogens is 6. The minimum absolute atomic E-state index is 0. The molecule has 8 heterocycles. The van der Waals surface area contributed by atoms with Gasteiger partial charge < -0.3 is 41.3 Å². The number of para-hydroxylation sites is 10. The Morgan fingerprint density at radius 1 is 0.264 bits per heavy atom. The maximum absolute atomic E-state index is 10.5. The maximum atomic E-state index is 10.5. The zero-order valence-electron chi connectivity index (χ0n) is 78.3. The summed E-state index contributed by atoms with van der Waals surface area (Å²) < 4.78 is 4.18. The molecule has 14 aromatic carbocycles. The van der Waals surface area contributed by atoms with Crippen molar-refractivity contribution in [2.45, 2.75) is 37.5 Å². The summed E-state index contributed by atoms with van der Waals surface area (Å²) in [5.41, 5.74) is 25.9. The Bertz CT molecular complexity index is 7620. The fourth-order valence-corrected chi connectivity index (χ4v) is 17.8. The third-order valence-electron chi connectivity index (χ3n) is 24.9. The Morgan fingerprint density at radius 3 is 0.868 bits per heavy atom. The van der Waals surface area contributed by atoms with Crippen LogP contribution in [-0.2, 0) is 89.7 Å². The topological polar surface area (TPSA) is 258 Å². The molecule has 0 saturated heterocycles. The van der Waals surface area contributed by atoms with Gasteiger partial charge >= 0.3 is 33.4 Å². The Balaban J connectivity index is 0.000000144. The van der Waals surface area contributed by atoms with E-state index in [0.29, 0.717) is 67.6 Å². The minimum atomic E-state index is -0.471. The molecule has 20 aromatic rings. The summed E-state index contributed by atoms with van der Waals surface area (Å²) in [5.74, 6) is 0.929. The van der Waals surface area contributed by atoms with Crippen molar-refractivity contribution in [3.63, 3.8) is 0 Å². The van der Waals surface area contributed by atoms with Crippen LogP contribution in [0.4, 0.5) is 22.7 Å². The normalized spacial score (nSPS) is 12.8. The number of hydrogen-bond acceptors (Lipinski definition) is 14. The number of phenols is 6. The summed E-state index contributed by atoms with van der Waals surface area (Å²) >= 11 is 0. The molecule has 18 nitrogen and oxygen atoms in total. The van der Waals surface area contributed by atoms with Gasteiger partial charge in [-0.2, -0.15) is 9.15 Å². The van der Waals surface area contributed by atoms with Crippen LogP contribution in [0.3, 0.4) is 0 Å². The quantitative estimate of drug-likeness (QED) is 0.0308. The first-order valence-corrected chi connectivity index (χ1v) is 46.1. The smallest absolute Gasteiger partial charge is 0.686 e. The molecule has 2 aliphatic heterocycles. The van der Waals surface area contributed by atoms with E-state index in [1.165, 1.54) is 0 Å². The number of hydrogen-bond donors (Lipinski definition) is 6. The van der Waals surface area contributed by atoms with E-state index < -0.39 is 17.7 Å². The number of pyridine rings is 6. The summed E-state index contributed by atoms with van der Waals surface area (Å²) in [7, 11) is 3.65. The van der Waals surface area contributed by atoms with E-state index in [-0.39, 0.29) is 125 Å². The Morgan fingerprint density at radius 2 is 0.542 bits per heavy atom. The van der Waals surface area contributed by atoms with Gasteiger partial charge in [0.05, 0.1) is 73.9 Å². The van der Waals surface area contributed by atoms with Crippen LogP contribution in [-0.4, -0.2) is 120 Å². The van der Waals surface area contributed by atoms with Crippen LogP contribution < -0.4 is 0 Å². The van der Waals surface area contributed by atoms with Gasteiger partial charge in [0, 0.05) is 137 Å². The fraction of sp³-hybridized carbons (Fsp3) is 0.0656. The molecule has 22 rings (SSSR count). The molecule has 2 unspecified atom stereocenters. The van der Waals surface area contributed by atoms with E-state index in [0.717, 1.165) is 118 Å². The minimum Gasteiger partial charge on any atom is -0.686 e. The van der Waals surface area contributed by atoms with Gasteiger partial charge in [0.2, 0.25) is 11.4 Å². The Hall–Kier alpha value is -15.7. The van der Waals surface area contributed by atoms with Crippen molar-refractivity contribution >= 4 is 68.4 Å². The largest absolute Gasteiger partial charge is 2.00 e. The third-order valence-corrected chi connectivity index (χ3v) is 24.9. The number of nitrogens with zero attached hydrogens (tertiary/aromatic N) is 12. The first-order valence-electron chi connectivity index (χ1n) is 46.1. The Labute approximate surface area is 893 Å².